The summed E-state index contributed by atoms with van der Waals surface area (Å²) >= 11 is 6.28. The minimum absolute atomic E-state index is 0.0626. The maximum absolute atomic E-state index is 13.1. The normalized spacial score (nSPS) is 17.9. The number of halogens is 1. The summed E-state index contributed by atoms with van der Waals surface area (Å²) in [6.45, 7) is 5.62. The molecule has 32 heavy (non-hydrogen) atoms. The largest absolute Gasteiger partial charge is 0.507 e. The third kappa shape index (κ3) is 3.89. The number of Topliss-reactive ketones (excluding diaryl/α,β-unsaturated/α-hetero) is 1. The molecule has 1 aliphatic heterocycles. The lowest BCUT2D eigenvalue weighted by atomic mass is 9.99. The second-order valence-corrected chi connectivity index (χ2v) is 8.22. The second-order valence-electron chi connectivity index (χ2n) is 7.81. The Morgan fingerprint density at radius 2 is 1.91 bits per heavy atom. The van der Waals surface area contributed by atoms with Crippen LogP contribution in [0, 0.1) is 6.92 Å². The zero-order valence-electron chi connectivity index (χ0n) is 17.8. The average molecular weight is 452 g/mol. The molecule has 4 rings (SSSR count). The van der Waals surface area contributed by atoms with Gasteiger partial charge in [-0.2, -0.15) is 0 Å². The maximum Gasteiger partial charge on any atom is 0.300 e. The number of hydrogen-bond donors (Lipinski definition) is 1. The van der Waals surface area contributed by atoms with Crippen LogP contribution in [0.4, 0.5) is 5.69 Å². The van der Waals surface area contributed by atoms with Crippen molar-refractivity contribution in [3.05, 3.63) is 88.3 Å². The van der Waals surface area contributed by atoms with Gasteiger partial charge in [0.05, 0.1) is 17.9 Å². The molecule has 0 spiro atoms. The Kier molecular flexibility index (Phi) is 5.80. The Labute approximate surface area is 190 Å². The Balaban J connectivity index is 1.88. The summed E-state index contributed by atoms with van der Waals surface area (Å²) in [6.07, 6.45) is 1.39. The first kappa shape index (κ1) is 21.7. The first-order valence-electron chi connectivity index (χ1n) is 10.2. The standard InChI is InChI=1S/C25H22ClNO5/c1-14(2)32-18-7-4-6-16(12-18)23(28)21-22(20-8-5-11-31-20)27(25(30)24(21)29)17-10-9-15(3)19(26)13-17/h4-14,22,28H,1-3H3/b23-21-. The summed E-state index contributed by atoms with van der Waals surface area (Å²) in [5.74, 6) is -1.01. The summed E-state index contributed by atoms with van der Waals surface area (Å²) in [5.41, 5.74) is 1.56. The highest BCUT2D eigenvalue weighted by molar-refractivity contribution is 6.51. The number of benzene rings is 2. The van der Waals surface area contributed by atoms with Gasteiger partial charge in [-0.25, -0.2) is 0 Å². The van der Waals surface area contributed by atoms with Crippen molar-refractivity contribution in [1.29, 1.82) is 0 Å². The number of ketones is 1. The van der Waals surface area contributed by atoms with E-state index in [-0.39, 0.29) is 17.4 Å². The highest BCUT2D eigenvalue weighted by Gasteiger charge is 2.48. The fraction of sp³-hybridized carbons (Fsp3) is 0.200. The number of carbonyl (C=O) groups is 2. The van der Waals surface area contributed by atoms with E-state index in [0.29, 0.717) is 27.8 Å². The van der Waals surface area contributed by atoms with E-state index in [9.17, 15) is 14.7 Å². The van der Waals surface area contributed by atoms with Crippen LogP contribution in [0.25, 0.3) is 5.76 Å². The van der Waals surface area contributed by atoms with E-state index in [0.717, 1.165) is 5.56 Å². The van der Waals surface area contributed by atoms with Crippen LogP contribution in [-0.4, -0.2) is 22.9 Å². The Morgan fingerprint density at radius 3 is 2.56 bits per heavy atom. The number of anilines is 1. The second kappa shape index (κ2) is 8.55. The number of aliphatic hydroxyl groups is 1. The minimum atomic E-state index is -0.946. The van der Waals surface area contributed by atoms with Crippen molar-refractivity contribution in [2.75, 3.05) is 4.90 Å². The van der Waals surface area contributed by atoms with E-state index in [1.165, 1.54) is 11.2 Å². The smallest absolute Gasteiger partial charge is 0.300 e. The van der Waals surface area contributed by atoms with Crippen molar-refractivity contribution in [1.82, 2.24) is 0 Å². The number of aryl methyl sites for hydroxylation is 1. The van der Waals surface area contributed by atoms with Gasteiger partial charge in [0.2, 0.25) is 0 Å². The molecule has 3 aromatic rings. The van der Waals surface area contributed by atoms with Crippen LogP contribution in [-0.2, 0) is 9.59 Å². The molecule has 0 aliphatic carbocycles. The number of aliphatic hydroxyl groups excluding tert-OH is 1. The van der Waals surface area contributed by atoms with Crippen molar-refractivity contribution in [2.24, 2.45) is 0 Å². The predicted molar refractivity (Wildman–Crippen MR) is 122 cm³/mol. The maximum atomic E-state index is 13.1. The van der Waals surface area contributed by atoms with Gasteiger partial charge in [-0.3, -0.25) is 14.5 Å². The van der Waals surface area contributed by atoms with E-state index in [1.54, 1.807) is 54.6 Å². The molecule has 164 valence electrons. The van der Waals surface area contributed by atoms with E-state index in [4.69, 9.17) is 20.8 Å². The minimum Gasteiger partial charge on any atom is -0.507 e. The van der Waals surface area contributed by atoms with Gasteiger partial charge >= 0.3 is 0 Å². The monoisotopic (exact) mass is 451 g/mol. The molecule has 1 saturated heterocycles. The molecule has 2 heterocycles. The Bertz CT molecular complexity index is 1210. The van der Waals surface area contributed by atoms with Gasteiger partial charge in [0.15, 0.2) is 0 Å². The van der Waals surface area contributed by atoms with E-state index < -0.39 is 17.7 Å². The molecule has 6 nitrogen and oxygen atoms in total. The van der Waals surface area contributed by atoms with Crippen molar-refractivity contribution in [3.63, 3.8) is 0 Å². The summed E-state index contributed by atoms with van der Waals surface area (Å²) in [6, 6.07) is 14.2. The number of ether oxygens (including phenoxy) is 1. The molecule has 1 aromatic heterocycles. The zero-order valence-corrected chi connectivity index (χ0v) is 18.6. The molecular formula is C25H22ClNO5. The lowest BCUT2D eigenvalue weighted by Crippen LogP contribution is -2.29. The molecule has 0 saturated carbocycles. The van der Waals surface area contributed by atoms with Gasteiger partial charge in [0.1, 0.15) is 23.3 Å². The van der Waals surface area contributed by atoms with Gasteiger partial charge in [-0.15, -0.1) is 0 Å². The molecule has 0 bridgehead atoms. The van der Waals surface area contributed by atoms with Crippen molar-refractivity contribution < 1.29 is 23.8 Å². The molecule has 1 fully saturated rings. The van der Waals surface area contributed by atoms with Gasteiger partial charge in [0.25, 0.3) is 11.7 Å². The number of furan rings is 1. The van der Waals surface area contributed by atoms with Crippen LogP contribution < -0.4 is 9.64 Å². The van der Waals surface area contributed by atoms with E-state index in [2.05, 4.69) is 0 Å². The number of hydrogen-bond acceptors (Lipinski definition) is 5. The number of rotatable bonds is 5. The summed E-state index contributed by atoms with van der Waals surface area (Å²) in [7, 11) is 0. The number of carbonyl (C=O) groups excluding carboxylic acids is 2. The molecule has 1 amide bonds. The van der Waals surface area contributed by atoms with Crippen molar-refractivity contribution >= 4 is 34.7 Å². The fourth-order valence-corrected chi connectivity index (χ4v) is 3.87. The quantitative estimate of drug-likeness (QED) is 0.308. The molecule has 1 atom stereocenters. The van der Waals surface area contributed by atoms with Crippen LogP contribution in [0.1, 0.15) is 36.8 Å². The topological polar surface area (TPSA) is 80.0 Å². The van der Waals surface area contributed by atoms with Crippen LogP contribution in [0.5, 0.6) is 5.75 Å². The first-order valence-corrected chi connectivity index (χ1v) is 10.5. The summed E-state index contributed by atoms with van der Waals surface area (Å²) < 4.78 is 11.3. The molecular weight excluding hydrogens is 430 g/mol. The van der Waals surface area contributed by atoms with Crippen LogP contribution >= 0.6 is 11.6 Å². The Morgan fingerprint density at radius 1 is 1.12 bits per heavy atom. The summed E-state index contributed by atoms with van der Waals surface area (Å²) in [4.78, 5) is 27.5. The highest BCUT2D eigenvalue weighted by Crippen LogP contribution is 2.43. The van der Waals surface area contributed by atoms with Gasteiger partial charge < -0.3 is 14.3 Å². The SMILES string of the molecule is Cc1ccc(N2C(=O)C(=O)/C(=C(\O)c3cccc(OC(C)C)c3)C2c2ccco2)cc1Cl. The molecule has 1 aliphatic rings. The van der Waals surface area contributed by atoms with Crippen molar-refractivity contribution in [2.45, 2.75) is 32.9 Å². The van der Waals surface area contributed by atoms with Gasteiger partial charge in [-0.1, -0.05) is 29.8 Å². The lowest BCUT2D eigenvalue weighted by Gasteiger charge is -2.23. The number of nitrogens with zero attached hydrogens (tertiary/aromatic N) is 1. The zero-order chi connectivity index (χ0) is 23.0. The van der Waals surface area contributed by atoms with Crippen LogP contribution in [0.2, 0.25) is 5.02 Å². The Hall–Kier alpha value is -3.51. The predicted octanol–water partition coefficient (Wildman–Crippen LogP) is 5.65. The molecule has 7 heteroatoms. The lowest BCUT2D eigenvalue weighted by molar-refractivity contribution is -0.132. The third-order valence-corrected chi connectivity index (χ3v) is 5.58. The summed E-state index contributed by atoms with van der Waals surface area (Å²) in [5, 5.41) is 11.6. The molecule has 1 unspecified atom stereocenters. The van der Waals surface area contributed by atoms with Gasteiger partial charge in [0, 0.05) is 16.3 Å². The number of amides is 1. The van der Waals surface area contributed by atoms with Crippen LogP contribution in [0.15, 0.2) is 70.9 Å². The van der Waals surface area contributed by atoms with E-state index in [1.807, 2.05) is 20.8 Å². The highest BCUT2D eigenvalue weighted by atomic mass is 35.5. The first-order chi connectivity index (χ1) is 15.3. The van der Waals surface area contributed by atoms with Gasteiger partial charge in [-0.05, 0) is 62.7 Å². The molecule has 1 N–H and O–H groups in total. The molecule has 0 radical (unpaired) electrons. The molecule has 2 aromatic carbocycles. The van der Waals surface area contributed by atoms with E-state index >= 15 is 0 Å². The average Bonchev–Trinajstić information content (AvgIpc) is 3.37. The fourth-order valence-electron chi connectivity index (χ4n) is 3.69. The van der Waals surface area contributed by atoms with Crippen LogP contribution in [0.3, 0.4) is 0 Å². The van der Waals surface area contributed by atoms with Crippen molar-refractivity contribution in [3.8, 4) is 5.75 Å². The third-order valence-electron chi connectivity index (χ3n) is 5.17.